The molecule has 1 saturated heterocycles. The van der Waals surface area contributed by atoms with Crippen LogP contribution < -0.4 is 19.1 Å². The number of hydrogen-bond acceptors (Lipinski definition) is 8. The van der Waals surface area contributed by atoms with Crippen LogP contribution in [0.4, 0.5) is 9.52 Å². The number of rotatable bonds is 6. The van der Waals surface area contributed by atoms with Crippen molar-refractivity contribution in [1.29, 1.82) is 0 Å². The van der Waals surface area contributed by atoms with Crippen molar-refractivity contribution in [2.24, 2.45) is 0 Å². The minimum absolute atomic E-state index is 0.154. The van der Waals surface area contributed by atoms with E-state index in [2.05, 4.69) is 4.98 Å². The van der Waals surface area contributed by atoms with E-state index in [0.29, 0.717) is 26.6 Å². The molecule has 4 aromatic rings. The van der Waals surface area contributed by atoms with Crippen LogP contribution in [0, 0.1) is 5.82 Å². The molecule has 0 bridgehead atoms. The highest BCUT2D eigenvalue weighted by atomic mass is 35.5. The first kappa shape index (κ1) is 25.5. The molecule has 1 amide bonds. The van der Waals surface area contributed by atoms with E-state index < -0.39 is 29.3 Å². The third-order valence-corrected chi connectivity index (χ3v) is 7.38. The fraction of sp³-hybridized carbons (Fsp3) is 0.148. The Kier molecular flexibility index (Phi) is 6.68. The van der Waals surface area contributed by atoms with E-state index in [1.165, 1.54) is 56.6 Å². The molecule has 2 heterocycles. The molecule has 1 atom stereocenters. The number of halogens is 2. The molecular weight excluding hydrogens is 535 g/mol. The smallest absolute Gasteiger partial charge is 0.301 e. The molecular formula is C27H20ClFN2O6S. The molecule has 1 aliphatic rings. The topological polar surface area (TPSA) is 98.2 Å². The first-order chi connectivity index (χ1) is 18.3. The summed E-state index contributed by atoms with van der Waals surface area (Å²) in [5.41, 5.74) is 0.961. The molecule has 0 unspecified atom stereocenters. The Hall–Kier alpha value is -4.15. The van der Waals surface area contributed by atoms with Gasteiger partial charge in [0.15, 0.2) is 16.6 Å². The van der Waals surface area contributed by atoms with Gasteiger partial charge in [0.1, 0.15) is 11.6 Å². The fourth-order valence-corrected chi connectivity index (χ4v) is 5.50. The molecule has 1 aliphatic heterocycles. The van der Waals surface area contributed by atoms with E-state index in [4.69, 9.17) is 25.8 Å². The van der Waals surface area contributed by atoms with Crippen molar-refractivity contribution >= 4 is 55.7 Å². The lowest BCUT2D eigenvalue weighted by Gasteiger charge is -2.24. The summed E-state index contributed by atoms with van der Waals surface area (Å²) in [6.45, 7) is 0. The molecule has 0 radical (unpaired) electrons. The number of methoxy groups -OCH3 is 3. The summed E-state index contributed by atoms with van der Waals surface area (Å²) >= 11 is 7.05. The number of fused-ring (bicyclic) bond motifs is 1. The van der Waals surface area contributed by atoms with Gasteiger partial charge in [-0.2, -0.15) is 0 Å². The van der Waals surface area contributed by atoms with Crippen molar-refractivity contribution in [3.8, 4) is 17.2 Å². The summed E-state index contributed by atoms with van der Waals surface area (Å²) in [6, 6.07) is 12.3. The van der Waals surface area contributed by atoms with Crippen molar-refractivity contribution < 1.29 is 33.3 Å². The van der Waals surface area contributed by atoms with Crippen molar-refractivity contribution in [3.63, 3.8) is 0 Å². The van der Waals surface area contributed by atoms with Gasteiger partial charge in [0.25, 0.3) is 5.78 Å². The van der Waals surface area contributed by atoms with E-state index in [9.17, 15) is 19.1 Å². The van der Waals surface area contributed by atoms with Gasteiger partial charge in [-0.1, -0.05) is 22.9 Å². The predicted molar refractivity (Wildman–Crippen MR) is 142 cm³/mol. The molecule has 194 valence electrons. The number of carbonyl (C=O) groups is 2. The summed E-state index contributed by atoms with van der Waals surface area (Å²) in [5, 5.41) is 11.9. The Labute approximate surface area is 225 Å². The van der Waals surface area contributed by atoms with Gasteiger partial charge < -0.3 is 19.3 Å². The third-order valence-electron chi connectivity index (χ3n) is 6.11. The van der Waals surface area contributed by atoms with E-state index >= 15 is 0 Å². The second-order valence-corrected chi connectivity index (χ2v) is 9.69. The molecule has 3 aromatic carbocycles. The van der Waals surface area contributed by atoms with Gasteiger partial charge in [-0.3, -0.25) is 14.5 Å². The number of amides is 1. The molecule has 5 rings (SSSR count). The molecule has 0 saturated carbocycles. The second-order valence-electron chi connectivity index (χ2n) is 8.24. The van der Waals surface area contributed by atoms with Crippen LogP contribution in [0.1, 0.15) is 17.2 Å². The predicted octanol–water partition coefficient (Wildman–Crippen LogP) is 5.74. The zero-order chi connectivity index (χ0) is 27.1. The first-order valence-corrected chi connectivity index (χ1v) is 12.4. The maximum atomic E-state index is 13.9. The van der Waals surface area contributed by atoms with Crippen LogP contribution in [0.3, 0.4) is 0 Å². The van der Waals surface area contributed by atoms with Gasteiger partial charge >= 0.3 is 5.91 Å². The molecule has 8 nitrogen and oxygen atoms in total. The maximum Gasteiger partial charge on any atom is 0.301 e. The second kappa shape index (κ2) is 9.96. The average molecular weight is 555 g/mol. The number of anilines is 1. The van der Waals surface area contributed by atoms with Crippen molar-refractivity contribution in [2.45, 2.75) is 6.04 Å². The number of aliphatic hydroxyl groups excluding tert-OH is 1. The normalized spacial score (nSPS) is 16.8. The third kappa shape index (κ3) is 4.21. The lowest BCUT2D eigenvalue weighted by Crippen LogP contribution is -2.29. The number of carbonyl (C=O) groups excluding carboxylic acids is 2. The SMILES string of the molecule is COc1cc([C@@H]2C(=C(O)c3ccc(Cl)cc3)C(=O)C(=O)N2c2nc3ccc(F)cc3s2)cc(OC)c1OC. The molecule has 1 N–H and O–H groups in total. The van der Waals surface area contributed by atoms with Crippen LogP contribution in [-0.2, 0) is 9.59 Å². The summed E-state index contributed by atoms with van der Waals surface area (Å²) in [6.07, 6.45) is 0. The zero-order valence-corrected chi connectivity index (χ0v) is 21.9. The fourth-order valence-electron chi connectivity index (χ4n) is 4.36. The van der Waals surface area contributed by atoms with Gasteiger partial charge in [-0.25, -0.2) is 9.37 Å². The molecule has 11 heteroatoms. The quantitative estimate of drug-likeness (QED) is 0.184. The highest BCUT2D eigenvalue weighted by Gasteiger charge is 2.48. The largest absolute Gasteiger partial charge is 0.507 e. The Morgan fingerprint density at radius 3 is 2.26 bits per heavy atom. The Balaban J connectivity index is 1.78. The average Bonchev–Trinajstić information content (AvgIpc) is 3.45. The van der Waals surface area contributed by atoms with Gasteiger partial charge in [-0.15, -0.1) is 0 Å². The van der Waals surface area contributed by atoms with E-state index in [0.717, 1.165) is 11.3 Å². The molecule has 1 aromatic heterocycles. The van der Waals surface area contributed by atoms with Gasteiger partial charge in [0.05, 0.1) is 43.2 Å². The minimum atomic E-state index is -1.12. The number of aliphatic hydroxyl groups is 1. The number of benzene rings is 3. The van der Waals surface area contributed by atoms with Crippen LogP contribution in [0.2, 0.25) is 5.02 Å². The highest BCUT2D eigenvalue weighted by molar-refractivity contribution is 7.22. The number of hydrogen-bond donors (Lipinski definition) is 1. The highest BCUT2D eigenvalue weighted by Crippen LogP contribution is 2.48. The standard InChI is InChI=1S/C27H20ClFN2O6S/c1-35-18-10-14(11-19(36-2)25(18)37-3)22-21(23(32)13-4-6-15(28)7-5-13)24(33)26(34)31(22)27-30-17-9-8-16(29)12-20(17)38-27/h4-12,22,32H,1-3H3/t22-/m1/s1. The maximum absolute atomic E-state index is 13.9. The van der Waals surface area contributed by atoms with Crippen LogP contribution in [0.25, 0.3) is 16.0 Å². The summed E-state index contributed by atoms with van der Waals surface area (Å²) in [5.74, 6) is -1.80. The summed E-state index contributed by atoms with van der Waals surface area (Å²) < 4.78 is 30.8. The van der Waals surface area contributed by atoms with Crippen LogP contribution in [0.15, 0.2) is 60.2 Å². The Bertz CT molecular complexity index is 1590. The van der Waals surface area contributed by atoms with Crippen LogP contribution in [-0.4, -0.2) is 43.1 Å². The lowest BCUT2D eigenvalue weighted by molar-refractivity contribution is -0.132. The van der Waals surface area contributed by atoms with Gasteiger partial charge in [0, 0.05) is 10.6 Å². The monoisotopic (exact) mass is 554 g/mol. The van der Waals surface area contributed by atoms with Crippen molar-refractivity contribution in [1.82, 2.24) is 4.98 Å². The van der Waals surface area contributed by atoms with E-state index in [-0.39, 0.29) is 27.8 Å². The van der Waals surface area contributed by atoms with E-state index in [1.54, 1.807) is 24.3 Å². The van der Waals surface area contributed by atoms with Crippen molar-refractivity contribution in [3.05, 3.63) is 82.1 Å². The Morgan fingerprint density at radius 1 is 1.00 bits per heavy atom. The lowest BCUT2D eigenvalue weighted by atomic mass is 9.95. The van der Waals surface area contributed by atoms with Gasteiger partial charge in [-0.05, 0) is 60.2 Å². The number of thiazole rings is 1. The molecule has 1 fully saturated rings. The Morgan fingerprint density at radius 2 is 1.66 bits per heavy atom. The molecule has 0 spiro atoms. The number of ketones is 1. The zero-order valence-electron chi connectivity index (χ0n) is 20.3. The number of Topliss-reactive ketones (excluding diaryl/α,β-unsaturated/α-hetero) is 1. The minimum Gasteiger partial charge on any atom is -0.507 e. The summed E-state index contributed by atoms with van der Waals surface area (Å²) in [4.78, 5) is 32.6. The number of aromatic nitrogens is 1. The van der Waals surface area contributed by atoms with E-state index in [1.807, 2.05) is 0 Å². The summed E-state index contributed by atoms with van der Waals surface area (Å²) in [7, 11) is 4.33. The van der Waals surface area contributed by atoms with Crippen LogP contribution >= 0.6 is 22.9 Å². The number of nitrogens with zero attached hydrogens (tertiary/aromatic N) is 2. The molecule has 0 aliphatic carbocycles. The van der Waals surface area contributed by atoms with Gasteiger partial charge in [0.2, 0.25) is 5.75 Å². The van der Waals surface area contributed by atoms with Crippen LogP contribution in [0.5, 0.6) is 17.2 Å². The molecule has 38 heavy (non-hydrogen) atoms. The van der Waals surface area contributed by atoms with Crippen molar-refractivity contribution in [2.75, 3.05) is 26.2 Å². The number of ether oxygens (including phenoxy) is 3. The first-order valence-electron chi connectivity index (χ1n) is 11.2.